The van der Waals surface area contributed by atoms with Crippen LogP contribution < -0.4 is 5.32 Å². The molecule has 2 aliphatic rings. The van der Waals surface area contributed by atoms with Crippen LogP contribution in [-0.4, -0.2) is 18.6 Å². The molecule has 1 heterocycles. The summed E-state index contributed by atoms with van der Waals surface area (Å²) in [6, 6.07) is 16.1. The largest absolute Gasteiger partial charge is 0.373 e. The molecule has 2 fully saturated rings. The van der Waals surface area contributed by atoms with Crippen molar-refractivity contribution in [3.8, 4) is 0 Å². The van der Waals surface area contributed by atoms with E-state index in [1.54, 1.807) is 0 Å². The molecule has 1 amide bonds. The molecule has 0 bridgehead atoms. The lowest BCUT2D eigenvalue weighted by atomic mass is 9.74. The third-order valence-electron chi connectivity index (χ3n) is 6.75. The lowest BCUT2D eigenvalue weighted by Gasteiger charge is -2.40. The summed E-state index contributed by atoms with van der Waals surface area (Å²) >= 11 is 12.4. The van der Waals surface area contributed by atoms with Crippen molar-refractivity contribution in [3.05, 3.63) is 69.7 Å². The van der Waals surface area contributed by atoms with Crippen LogP contribution in [0.3, 0.4) is 0 Å². The molecule has 0 aromatic heterocycles. The number of nitrogens with one attached hydrogen (secondary N) is 1. The molecule has 4 rings (SSSR count). The van der Waals surface area contributed by atoms with E-state index in [1.165, 1.54) is 18.4 Å². The van der Waals surface area contributed by atoms with Crippen LogP contribution >= 0.6 is 23.2 Å². The summed E-state index contributed by atoms with van der Waals surface area (Å²) in [6.45, 7) is 5.02. The van der Waals surface area contributed by atoms with E-state index in [0.717, 1.165) is 35.1 Å². The molecule has 0 radical (unpaired) electrons. The first-order valence-corrected chi connectivity index (χ1v) is 12.1. The molecule has 3 nitrogen and oxygen atoms in total. The summed E-state index contributed by atoms with van der Waals surface area (Å²) in [7, 11) is 0. The van der Waals surface area contributed by atoms with E-state index in [1.807, 2.05) is 37.3 Å². The maximum absolute atomic E-state index is 12.6. The molecule has 2 unspecified atom stereocenters. The van der Waals surface area contributed by atoms with Gasteiger partial charge >= 0.3 is 0 Å². The summed E-state index contributed by atoms with van der Waals surface area (Å²) < 4.78 is 6.38. The zero-order valence-electron chi connectivity index (χ0n) is 18.2. The Hall–Kier alpha value is -1.55. The van der Waals surface area contributed by atoms with Gasteiger partial charge in [-0.25, -0.2) is 0 Å². The molecule has 1 saturated carbocycles. The summed E-state index contributed by atoms with van der Waals surface area (Å²) in [5.41, 5.74) is 2.34. The van der Waals surface area contributed by atoms with Gasteiger partial charge in [0.1, 0.15) is 0 Å². The van der Waals surface area contributed by atoms with Gasteiger partial charge in [0.15, 0.2) is 0 Å². The van der Waals surface area contributed by atoms with Crippen LogP contribution in [0.15, 0.2) is 48.5 Å². The van der Waals surface area contributed by atoms with E-state index in [9.17, 15) is 4.79 Å². The highest BCUT2D eigenvalue weighted by atomic mass is 35.5. The van der Waals surface area contributed by atoms with Crippen LogP contribution in [0.2, 0.25) is 10.0 Å². The van der Waals surface area contributed by atoms with E-state index < -0.39 is 0 Å². The number of amides is 1. The van der Waals surface area contributed by atoms with Crippen molar-refractivity contribution >= 4 is 29.1 Å². The van der Waals surface area contributed by atoms with Crippen molar-refractivity contribution in [1.29, 1.82) is 0 Å². The van der Waals surface area contributed by atoms with Gasteiger partial charge in [-0.1, -0.05) is 61.3 Å². The highest BCUT2D eigenvalue weighted by Gasteiger charge is 2.38. The molecule has 1 saturated heterocycles. The highest BCUT2D eigenvalue weighted by molar-refractivity contribution is 6.30. The summed E-state index contributed by atoms with van der Waals surface area (Å²) in [4.78, 5) is 12.6. The molecule has 31 heavy (non-hydrogen) atoms. The van der Waals surface area contributed by atoms with Gasteiger partial charge in [0.05, 0.1) is 12.7 Å². The SMILES string of the molecule is CC1C[C@H](c2cccc(Cl)c2)[C@H](C(C)C[C@H](OCC2CC2)c2ccc(Cl)cc2)NC1=O. The fourth-order valence-corrected chi connectivity index (χ4v) is 4.98. The number of carbonyl (C=O) groups excluding carboxylic acids is 1. The molecule has 1 N–H and O–H groups in total. The van der Waals surface area contributed by atoms with E-state index in [2.05, 4.69) is 30.4 Å². The van der Waals surface area contributed by atoms with Crippen molar-refractivity contribution in [1.82, 2.24) is 5.32 Å². The van der Waals surface area contributed by atoms with Gasteiger partial charge in [-0.15, -0.1) is 0 Å². The maximum Gasteiger partial charge on any atom is 0.223 e. The average Bonchev–Trinajstić information content (AvgIpc) is 3.58. The molecular formula is C26H31Cl2NO2. The quantitative estimate of drug-likeness (QED) is 0.471. The van der Waals surface area contributed by atoms with Crippen LogP contribution in [0, 0.1) is 17.8 Å². The topological polar surface area (TPSA) is 38.3 Å². The summed E-state index contributed by atoms with van der Waals surface area (Å²) in [6.07, 6.45) is 4.18. The van der Waals surface area contributed by atoms with Gasteiger partial charge in [0, 0.05) is 27.9 Å². The van der Waals surface area contributed by atoms with Crippen molar-refractivity contribution in [3.63, 3.8) is 0 Å². The monoisotopic (exact) mass is 459 g/mol. The molecule has 2 aromatic rings. The van der Waals surface area contributed by atoms with Crippen molar-refractivity contribution in [2.75, 3.05) is 6.61 Å². The van der Waals surface area contributed by atoms with Crippen LogP contribution in [0.25, 0.3) is 0 Å². The van der Waals surface area contributed by atoms with Gasteiger partial charge in [0.2, 0.25) is 5.91 Å². The zero-order chi connectivity index (χ0) is 22.0. The molecule has 5 atom stereocenters. The van der Waals surface area contributed by atoms with Crippen LogP contribution in [-0.2, 0) is 9.53 Å². The number of carbonyl (C=O) groups is 1. The Morgan fingerprint density at radius 2 is 1.84 bits per heavy atom. The third kappa shape index (κ3) is 5.83. The van der Waals surface area contributed by atoms with Crippen molar-refractivity contribution in [2.45, 2.75) is 57.6 Å². The Bertz CT molecular complexity index is 897. The number of hydrogen-bond acceptors (Lipinski definition) is 2. The van der Waals surface area contributed by atoms with E-state index in [0.29, 0.717) is 5.92 Å². The van der Waals surface area contributed by atoms with E-state index >= 15 is 0 Å². The third-order valence-corrected chi connectivity index (χ3v) is 7.23. The van der Waals surface area contributed by atoms with Crippen LogP contribution in [0.4, 0.5) is 0 Å². The number of hydrogen-bond donors (Lipinski definition) is 1. The Morgan fingerprint density at radius 1 is 1.10 bits per heavy atom. The minimum Gasteiger partial charge on any atom is -0.373 e. The molecule has 166 valence electrons. The van der Waals surface area contributed by atoms with E-state index in [-0.39, 0.29) is 35.8 Å². The smallest absolute Gasteiger partial charge is 0.223 e. The Kier molecular flexibility index (Phi) is 7.26. The van der Waals surface area contributed by atoms with Gasteiger partial charge in [-0.2, -0.15) is 0 Å². The standard InChI is InChI=1S/C26H31Cl2NO2/c1-16(13-24(31-15-18-6-7-18)19-8-10-21(27)11-9-19)25-23(12-17(2)26(30)29-25)20-4-3-5-22(28)14-20/h3-5,8-11,14,16-18,23-25H,6-7,12-13,15H2,1-2H3,(H,29,30)/t16?,17?,23-,24+,25+/m1/s1. The predicted molar refractivity (Wildman–Crippen MR) is 127 cm³/mol. The number of rotatable bonds is 8. The fourth-order valence-electron chi connectivity index (χ4n) is 4.66. The van der Waals surface area contributed by atoms with E-state index in [4.69, 9.17) is 27.9 Å². The fraction of sp³-hybridized carbons (Fsp3) is 0.500. The lowest BCUT2D eigenvalue weighted by molar-refractivity contribution is -0.128. The molecule has 1 aliphatic heterocycles. The zero-order valence-corrected chi connectivity index (χ0v) is 19.7. The molecule has 1 aliphatic carbocycles. The molecule has 5 heteroatoms. The van der Waals surface area contributed by atoms with Gasteiger partial charge < -0.3 is 10.1 Å². The second-order valence-corrected chi connectivity index (χ2v) is 10.2. The average molecular weight is 460 g/mol. The van der Waals surface area contributed by atoms with Crippen molar-refractivity contribution < 1.29 is 9.53 Å². The summed E-state index contributed by atoms with van der Waals surface area (Å²) in [5, 5.41) is 4.78. The Balaban J connectivity index is 1.54. The minimum absolute atomic E-state index is 0.00869. The van der Waals surface area contributed by atoms with Crippen LogP contribution in [0.1, 0.15) is 62.7 Å². The number of piperidine rings is 1. The normalized spacial score (nSPS) is 25.7. The first kappa shape index (κ1) is 22.6. The second-order valence-electron chi connectivity index (χ2n) is 9.36. The molecule has 2 aromatic carbocycles. The number of benzene rings is 2. The first-order chi connectivity index (χ1) is 14.9. The maximum atomic E-state index is 12.6. The Labute approximate surface area is 195 Å². The van der Waals surface area contributed by atoms with Gasteiger partial charge in [-0.3, -0.25) is 4.79 Å². The second kappa shape index (κ2) is 9.94. The summed E-state index contributed by atoms with van der Waals surface area (Å²) in [5.74, 6) is 1.29. The molecular weight excluding hydrogens is 429 g/mol. The predicted octanol–water partition coefficient (Wildman–Crippen LogP) is 6.80. The van der Waals surface area contributed by atoms with Crippen LogP contribution in [0.5, 0.6) is 0 Å². The number of halogens is 2. The Morgan fingerprint density at radius 3 is 2.52 bits per heavy atom. The minimum atomic E-state index is -0.0101. The van der Waals surface area contributed by atoms with Gasteiger partial charge in [0.25, 0.3) is 0 Å². The lowest BCUT2D eigenvalue weighted by Crippen LogP contribution is -2.51. The number of ether oxygens (including phenoxy) is 1. The van der Waals surface area contributed by atoms with Gasteiger partial charge in [-0.05, 0) is 72.9 Å². The molecule has 0 spiro atoms. The highest BCUT2D eigenvalue weighted by Crippen LogP contribution is 2.39. The van der Waals surface area contributed by atoms with Crippen molar-refractivity contribution in [2.24, 2.45) is 17.8 Å². The first-order valence-electron chi connectivity index (χ1n) is 11.3.